The second-order valence-electron chi connectivity index (χ2n) is 6.26. The van der Waals surface area contributed by atoms with Gasteiger partial charge in [-0.05, 0) is 18.9 Å². The fourth-order valence-electron chi connectivity index (χ4n) is 2.73. The first-order valence-corrected chi connectivity index (χ1v) is 8.89. The molecule has 0 radical (unpaired) electrons. The van der Waals surface area contributed by atoms with Gasteiger partial charge in [0.25, 0.3) is 11.5 Å². The highest BCUT2D eigenvalue weighted by molar-refractivity contribution is 7.10. The van der Waals surface area contributed by atoms with Crippen LogP contribution in [-0.2, 0) is 4.74 Å². The molecule has 1 aliphatic rings. The zero-order chi connectivity index (χ0) is 17.3. The van der Waals surface area contributed by atoms with Gasteiger partial charge in [0, 0.05) is 22.9 Å². The number of hydrogen-bond acceptors (Lipinski definition) is 5. The highest BCUT2D eigenvalue weighted by Crippen LogP contribution is 2.26. The summed E-state index contributed by atoms with van der Waals surface area (Å²) in [5.74, 6) is 0.967. The van der Waals surface area contributed by atoms with Crippen molar-refractivity contribution in [2.75, 3.05) is 19.7 Å². The minimum atomic E-state index is -0.369. The Labute approximate surface area is 144 Å². The second kappa shape index (κ2) is 6.86. The Morgan fingerprint density at radius 3 is 2.92 bits per heavy atom. The summed E-state index contributed by atoms with van der Waals surface area (Å²) < 4.78 is 5.73. The third-order valence-corrected chi connectivity index (χ3v) is 5.23. The lowest BCUT2D eigenvalue weighted by molar-refractivity contribution is -0.0248. The normalized spacial score (nSPS) is 18.2. The van der Waals surface area contributed by atoms with Gasteiger partial charge >= 0.3 is 0 Å². The molecule has 1 fully saturated rings. The van der Waals surface area contributed by atoms with Crippen molar-refractivity contribution in [3.63, 3.8) is 0 Å². The van der Waals surface area contributed by atoms with E-state index in [1.165, 1.54) is 10.9 Å². The van der Waals surface area contributed by atoms with Gasteiger partial charge < -0.3 is 14.6 Å². The van der Waals surface area contributed by atoms with Gasteiger partial charge in [0.1, 0.15) is 11.9 Å². The summed E-state index contributed by atoms with van der Waals surface area (Å²) in [5.41, 5.74) is 1.09. The van der Waals surface area contributed by atoms with Gasteiger partial charge in [-0.1, -0.05) is 13.8 Å². The molecule has 3 rings (SSSR count). The first kappa shape index (κ1) is 16.9. The Morgan fingerprint density at radius 2 is 2.25 bits per heavy atom. The maximum atomic E-state index is 12.7. The number of hydrogen-bond donors (Lipinski definition) is 1. The zero-order valence-electron chi connectivity index (χ0n) is 14.0. The molecule has 0 spiro atoms. The fourth-order valence-corrected chi connectivity index (χ4v) is 3.63. The Hall–Kier alpha value is -1.99. The van der Waals surface area contributed by atoms with Crippen molar-refractivity contribution in [2.24, 2.45) is 0 Å². The quantitative estimate of drug-likeness (QED) is 0.925. The standard InChI is InChI=1S/C17H21N3O3S/c1-10(2)15-6-12(9-24-15)17(22)20-4-5-23-14(8-20)13-7-16(21)19-11(3)18-13/h6-7,9-10,14H,4-5,8H2,1-3H3,(H,18,19,21)/t14-/m0/s1. The van der Waals surface area contributed by atoms with Crippen molar-refractivity contribution in [3.8, 4) is 0 Å². The number of aromatic nitrogens is 2. The van der Waals surface area contributed by atoms with Gasteiger partial charge in [-0.25, -0.2) is 4.98 Å². The second-order valence-corrected chi connectivity index (χ2v) is 7.20. The van der Waals surface area contributed by atoms with Crippen LogP contribution < -0.4 is 5.56 Å². The molecule has 1 amide bonds. The van der Waals surface area contributed by atoms with Gasteiger partial charge in [0.2, 0.25) is 0 Å². The number of H-pyrrole nitrogens is 1. The largest absolute Gasteiger partial charge is 0.368 e. The van der Waals surface area contributed by atoms with E-state index in [0.29, 0.717) is 37.1 Å². The number of carbonyl (C=O) groups is 1. The van der Waals surface area contributed by atoms with Crippen LogP contribution in [0, 0.1) is 6.92 Å². The summed E-state index contributed by atoms with van der Waals surface area (Å²) in [6, 6.07) is 3.41. The number of carbonyl (C=O) groups excluding carboxylic acids is 1. The van der Waals surface area contributed by atoms with E-state index in [1.807, 2.05) is 11.4 Å². The van der Waals surface area contributed by atoms with Gasteiger partial charge in [-0.3, -0.25) is 9.59 Å². The van der Waals surface area contributed by atoms with E-state index in [1.54, 1.807) is 23.2 Å². The first-order valence-electron chi connectivity index (χ1n) is 8.01. The number of ether oxygens (including phenoxy) is 1. The molecule has 1 aliphatic heterocycles. The number of amides is 1. The van der Waals surface area contributed by atoms with Crippen LogP contribution in [0.2, 0.25) is 0 Å². The number of rotatable bonds is 3. The Kier molecular flexibility index (Phi) is 4.82. The Balaban J connectivity index is 1.77. The molecule has 0 bridgehead atoms. The fraction of sp³-hybridized carbons (Fsp3) is 0.471. The van der Waals surface area contributed by atoms with Crippen molar-refractivity contribution < 1.29 is 9.53 Å². The molecule has 3 heterocycles. The average molecular weight is 347 g/mol. The molecule has 24 heavy (non-hydrogen) atoms. The van der Waals surface area contributed by atoms with Crippen molar-refractivity contribution in [3.05, 3.63) is 49.8 Å². The van der Waals surface area contributed by atoms with E-state index in [2.05, 4.69) is 23.8 Å². The Bertz CT molecular complexity index is 796. The molecule has 0 unspecified atom stereocenters. The summed E-state index contributed by atoms with van der Waals surface area (Å²) in [5, 5.41) is 1.91. The van der Waals surface area contributed by atoms with Gasteiger partial charge in [-0.2, -0.15) is 0 Å². The third-order valence-electron chi connectivity index (χ3n) is 4.00. The number of nitrogens with one attached hydrogen (secondary N) is 1. The summed E-state index contributed by atoms with van der Waals surface area (Å²) in [6.45, 7) is 7.35. The monoisotopic (exact) mass is 347 g/mol. The molecule has 7 heteroatoms. The summed E-state index contributed by atoms with van der Waals surface area (Å²) >= 11 is 1.61. The highest BCUT2D eigenvalue weighted by Gasteiger charge is 2.28. The maximum Gasteiger partial charge on any atom is 0.254 e. The van der Waals surface area contributed by atoms with Crippen LogP contribution in [0.1, 0.15) is 52.6 Å². The minimum absolute atomic E-state index is 0.00742. The van der Waals surface area contributed by atoms with E-state index in [0.717, 1.165) is 5.56 Å². The lowest BCUT2D eigenvalue weighted by atomic mass is 10.1. The van der Waals surface area contributed by atoms with Crippen LogP contribution in [0.5, 0.6) is 0 Å². The van der Waals surface area contributed by atoms with E-state index in [4.69, 9.17) is 4.74 Å². The smallest absolute Gasteiger partial charge is 0.254 e. The predicted molar refractivity (Wildman–Crippen MR) is 92.6 cm³/mol. The number of morpholine rings is 1. The number of thiophene rings is 1. The van der Waals surface area contributed by atoms with Gasteiger partial charge in [-0.15, -0.1) is 11.3 Å². The van der Waals surface area contributed by atoms with Crippen molar-refractivity contribution in [1.82, 2.24) is 14.9 Å². The number of aryl methyl sites for hydroxylation is 1. The molecule has 128 valence electrons. The molecule has 0 saturated carbocycles. The summed E-state index contributed by atoms with van der Waals surface area (Å²) in [6.07, 6.45) is -0.369. The lowest BCUT2D eigenvalue weighted by Gasteiger charge is -2.32. The highest BCUT2D eigenvalue weighted by atomic mass is 32.1. The zero-order valence-corrected chi connectivity index (χ0v) is 14.9. The van der Waals surface area contributed by atoms with Gasteiger partial charge in [0.05, 0.1) is 24.4 Å². The molecule has 1 saturated heterocycles. The topological polar surface area (TPSA) is 75.3 Å². The van der Waals surface area contributed by atoms with Crippen molar-refractivity contribution >= 4 is 17.2 Å². The molecule has 2 aromatic rings. The van der Waals surface area contributed by atoms with Crippen LogP contribution in [0.15, 0.2) is 22.3 Å². The van der Waals surface area contributed by atoms with Crippen LogP contribution in [0.3, 0.4) is 0 Å². The van der Waals surface area contributed by atoms with E-state index >= 15 is 0 Å². The molecule has 0 aromatic carbocycles. The van der Waals surface area contributed by atoms with Crippen LogP contribution in [0.4, 0.5) is 0 Å². The lowest BCUT2D eigenvalue weighted by Crippen LogP contribution is -2.42. The Morgan fingerprint density at radius 1 is 1.46 bits per heavy atom. The molecule has 6 nitrogen and oxygen atoms in total. The van der Waals surface area contributed by atoms with Gasteiger partial charge in [0.15, 0.2) is 0 Å². The molecular weight excluding hydrogens is 326 g/mol. The van der Waals surface area contributed by atoms with E-state index in [-0.39, 0.29) is 17.6 Å². The van der Waals surface area contributed by atoms with E-state index < -0.39 is 0 Å². The molecule has 1 N–H and O–H groups in total. The van der Waals surface area contributed by atoms with Crippen molar-refractivity contribution in [1.29, 1.82) is 0 Å². The predicted octanol–water partition coefficient (Wildman–Crippen LogP) is 2.48. The van der Waals surface area contributed by atoms with Crippen LogP contribution in [-0.4, -0.2) is 40.5 Å². The van der Waals surface area contributed by atoms with Crippen LogP contribution >= 0.6 is 11.3 Å². The first-order chi connectivity index (χ1) is 11.4. The third kappa shape index (κ3) is 3.57. The van der Waals surface area contributed by atoms with Crippen LogP contribution in [0.25, 0.3) is 0 Å². The average Bonchev–Trinajstić information content (AvgIpc) is 3.03. The summed E-state index contributed by atoms with van der Waals surface area (Å²) in [7, 11) is 0. The molecule has 2 aromatic heterocycles. The summed E-state index contributed by atoms with van der Waals surface area (Å²) in [4.78, 5) is 34.3. The van der Waals surface area contributed by atoms with E-state index in [9.17, 15) is 9.59 Å². The minimum Gasteiger partial charge on any atom is -0.368 e. The number of aromatic amines is 1. The number of nitrogens with zero attached hydrogens (tertiary/aromatic N) is 2. The molecule has 0 aliphatic carbocycles. The maximum absolute atomic E-state index is 12.7. The molecule has 1 atom stereocenters. The molecular formula is C17H21N3O3S. The SMILES string of the molecule is Cc1nc([C@@H]2CN(C(=O)c3csc(C(C)C)c3)CCO2)cc(=O)[nH]1. The van der Waals surface area contributed by atoms with Crippen molar-refractivity contribution in [2.45, 2.75) is 32.8 Å².